The molecule has 0 saturated heterocycles. The van der Waals surface area contributed by atoms with E-state index in [1.807, 2.05) is 11.3 Å². The van der Waals surface area contributed by atoms with Crippen molar-refractivity contribution in [2.24, 2.45) is 0 Å². The number of nitrogens with zero attached hydrogens (tertiary/aromatic N) is 3. The minimum absolute atomic E-state index is 0.974. The quantitative estimate of drug-likeness (QED) is 0.175. The van der Waals surface area contributed by atoms with E-state index in [0.717, 1.165) is 33.8 Å². The maximum absolute atomic E-state index is 5.13. The van der Waals surface area contributed by atoms with Crippen molar-refractivity contribution in [1.82, 2.24) is 9.55 Å². The van der Waals surface area contributed by atoms with Crippen LogP contribution in [-0.4, -0.2) is 22.6 Å². The van der Waals surface area contributed by atoms with Crippen LogP contribution >= 0.6 is 11.3 Å². The van der Waals surface area contributed by atoms with E-state index in [4.69, 9.17) is 4.98 Å². The summed E-state index contributed by atoms with van der Waals surface area (Å²) in [5, 5.41) is 5.24. The SMILES string of the molecule is c1ccc(-c2cc(-c3ccc(-n4c5ccc(-c6cc7c8c(c6)CCCN8CCC7)cc5c5ccc6c7ccccc7sc6c54)cc3)cc(-c3ccccc3)n2)cc1. The summed E-state index contributed by atoms with van der Waals surface area (Å²) in [5.74, 6) is 0. The van der Waals surface area contributed by atoms with Crippen LogP contribution in [0.3, 0.4) is 0 Å². The predicted octanol–water partition coefficient (Wildman–Crippen LogP) is 13.9. The molecule has 7 aromatic carbocycles. The molecule has 12 rings (SSSR count). The molecule has 3 nitrogen and oxygen atoms in total. The third-order valence-electron chi connectivity index (χ3n) is 12.4. The second-order valence-electron chi connectivity index (χ2n) is 15.7. The van der Waals surface area contributed by atoms with Gasteiger partial charge in [0.2, 0.25) is 0 Å². The fraction of sp³-hybridized carbons (Fsp3) is 0.113. The van der Waals surface area contributed by atoms with E-state index in [1.165, 1.54) is 114 Å². The number of pyridine rings is 1. The number of aryl methyl sites for hydroxylation is 2. The van der Waals surface area contributed by atoms with Gasteiger partial charge in [0.15, 0.2) is 0 Å². The first kappa shape index (κ1) is 32.7. The normalized spacial score (nSPS) is 13.9. The van der Waals surface area contributed by atoms with Crippen LogP contribution in [0.15, 0.2) is 164 Å². The summed E-state index contributed by atoms with van der Waals surface area (Å²) in [6.07, 6.45) is 4.84. The second-order valence-corrected chi connectivity index (χ2v) is 16.8. The van der Waals surface area contributed by atoms with Gasteiger partial charge in [-0.05, 0) is 114 Å². The zero-order valence-corrected chi connectivity index (χ0v) is 32.4. The van der Waals surface area contributed by atoms with Gasteiger partial charge in [-0.25, -0.2) is 4.98 Å². The number of hydrogen-bond donors (Lipinski definition) is 0. The molecule has 0 saturated carbocycles. The van der Waals surface area contributed by atoms with Crippen molar-refractivity contribution in [2.75, 3.05) is 18.0 Å². The molecular formula is C53H39N3S. The topological polar surface area (TPSA) is 21.1 Å². The van der Waals surface area contributed by atoms with E-state index in [-0.39, 0.29) is 0 Å². The lowest BCUT2D eigenvalue weighted by Crippen LogP contribution is -2.34. The van der Waals surface area contributed by atoms with Crippen molar-refractivity contribution in [3.05, 3.63) is 175 Å². The maximum atomic E-state index is 5.13. The molecule has 0 spiro atoms. The van der Waals surface area contributed by atoms with Crippen LogP contribution in [0.25, 0.3) is 92.4 Å². The van der Waals surface area contributed by atoms with E-state index in [1.54, 1.807) is 0 Å². The Kier molecular flexibility index (Phi) is 7.49. The largest absolute Gasteiger partial charge is 0.371 e. The lowest BCUT2D eigenvalue weighted by Gasteiger charge is -2.37. The number of anilines is 1. The molecular weight excluding hydrogens is 711 g/mol. The van der Waals surface area contributed by atoms with Gasteiger partial charge >= 0.3 is 0 Å². The minimum atomic E-state index is 0.974. The molecule has 3 aromatic heterocycles. The summed E-state index contributed by atoms with van der Waals surface area (Å²) in [6, 6.07) is 60.4. The van der Waals surface area contributed by atoms with E-state index in [9.17, 15) is 0 Å². The molecule has 0 aliphatic carbocycles. The van der Waals surface area contributed by atoms with Crippen LogP contribution in [0.5, 0.6) is 0 Å². The predicted molar refractivity (Wildman–Crippen MR) is 242 cm³/mol. The summed E-state index contributed by atoms with van der Waals surface area (Å²) < 4.78 is 5.18. The van der Waals surface area contributed by atoms with Gasteiger partial charge in [0.05, 0.1) is 27.1 Å². The lowest BCUT2D eigenvalue weighted by atomic mass is 9.88. The summed E-state index contributed by atoms with van der Waals surface area (Å²) in [5.41, 5.74) is 17.4. The van der Waals surface area contributed by atoms with Gasteiger partial charge < -0.3 is 9.47 Å². The van der Waals surface area contributed by atoms with Crippen molar-refractivity contribution in [3.63, 3.8) is 0 Å². The van der Waals surface area contributed by atoms with Gasteiger partial charge in [0, 0.05) is 61.8 Å². The zero-order chi connectivity index (χ0) is 37.5. The summed E-state index contributed by atoms with van der Waals surface area (Å²) in [7, 11) is 0. The van der Waals surface area contributed by atoms with Crippen molar-refractivity contribution in [1.29, 1.82) is 0 Å². The third-order valence-corrected chi connectivity index (χ3v) is 13.6. The molecule has 0 bridgehead atoms. The number of rotatable bonds is 5. The van der Waals surface area contributed by atoms with Gasteiger partial charge in [-0.2, -0.15) is 0 Å². The molecule has 0 unspecified atom stereocenters. The highest BCUT2D eigenvalue weighted by Crippen LogP contribution is 2.45. The van der Waals surface area contributed by atoms with Gasteiger partial charge in [-0.15, -0.1) is 11.3 Å². The summed E-state index contributed by atoms with van der Waals surface area (Å²) >= 11 is 1.91. The Bertz CT molecular complexity index is 3090. The molecule has 10 aromatic rings. The first-order chi connectivity index (χ1) is 28.2. The van der Waals surface area contributed by atoms with Gasteiger partial charge in [0.1, 0.15) is 0 Å². The maximum Gasteiger partial charge on any atom is 0.0719 e. The van der Waals surface area contributed by atoms with E-state index in [0.29, 0.717) is 0 Å². The average molecular weight is 750 g/mol. The van der Waals surface area contributed by atoms with Gasteiger partial charge in [-0.3, -0.25) is 0 Å². The van der Waals surface area contributed by atoms with Crippen molar-refractivity contribution in [2.45, 2.75) is 25.7 Å². The highest BCUT2D eigenvalue weighted by molar-refractivity contribution is 7.26. The van der Waals surface area contributed by atoms with Crippen LogP contribution in [0.2, 0.25) is 0 Å². The van der Waals surface area contributed by atoms with E-state index >= 15 is 0 Å². The highest BCUT2D eigenvalue weighted by atomic mass is 32.1. The van der Waals surface area contributed by atoms with Gasteiger partial charge in [0.25, 0.3) is 0 Å². The zero-order valence-electron chi connectivity index (χ0n) is 31.6. The highest BCUT2D eigenvalue weighted by Gasteiger charge is 2.25. The Hall–Kier alpha value is -6.49. The molecule has 0 amide bonds. The molecule has 0 radical (unpaired) electrons. The molecule has 0 atom stereocenters. The Morgan fingerprint density at radius 1 is 0.456 bits per heavy atom. The monoisotopic (exact) mass is 749 g/mol. The van der Waals surface area contributed by atoms with Crippen LogP contribution in [0, 0.1) is 0 Å². The smallest absolute Gasteiger partial charge is 0.0719 e. The Morgan fingerprint density at radius 2 is 1.07 bits per heavy atom. The van der Waals surface area contributed by atoms with Crippen molar-refractivity contribution >= 4 is 59.0 Å². The molecule has 4 heteroatoms. The van der Waals surface area contributed by atoms with Gasteiger partial charge in [-0.1, -0.05) is 109 Å². The molecule has 272 valence electrons. The molecule has 0 N–H and O–H groups in total. The Balaban J connectivity index is 1.04. The van der Waals surface area contributed by atoms with Crippen molar-refractivity contribution in [3.8, 4) is 50.5 Å². The number of thiophene rings is 1. The standard InChI is InChI=1S/C53H39N3S/c1-3-11-35(12-4-1)47-32-41(33-48(54-47)36-13-5-2-6-14-36)34-19-22-42(23-20-34)56-49-26-21-37(40-29-38-15-9-27-55-28-10-16-39(30-40)51(38)55)31-46(49)44-24-25-45-43-17-7-8-18-50(43)57-53(45)52(44)56/h1-8,11-14,17-26,29-33H,9-10,15-16,27-28H2. The van der Waals surface area contributed by atoms with E-state index < -0.39 is 0 Å². The first-order valence-corrected chi connectivity index (χ1v) is 21.1. The molecule has 2 aliphatic rings. The minimum Gasteiger partial charge on any atom is -0.371 e. The Labute approximate surface area is 336 Å². The average Bonchev–Trinajstić information content (AvgIpc) is 3.83. The molecule has 0 fully saturated rings. The van der Waals surface area contributed by atoms with Crippen LogP contribution in [-0.2, 0) is 12.8 Å². The Morgan fingerprint density at radius 3 is 1.77 bits per heavy atom. The molecule has 57 heavy (non-hydrogen) atoms. The van der Waals surface area contributed by atoms with Crippen LogP contribution in [0.1, 0.15) is 24.0 Å². The van der Waals surface area contributed by atoms with Crippen LogP contribution in [0.4, 0.5) is 5.69 Å². The van der Waals surface area contributed by atoms with Crippen LogP contribution < -0.4 is 4.90 Å². The molecule has 2 aliphatic heterocycles. The van der Waals surface area contributed by atoms with E-state index in [2.05, 4.69) is 173 Å². The number of benzene rings is 7. The lowest BCUT2D eigenvalue weighted by molar-refractivity contribution is 0.634. The fourth-order valence-electron chi connectivity index (χ4n) is 9.71. The number of aromatic nitrogens is 2. The second kappa shape index (κ2) is 13.0. The third kappa shape index (κ3) is 5.35. The molecule has 5 heterocycles. The first-order valence-electron chi connectivity index (χ1n) is 20.3. The number of fused-ring (bicyclic) bond motifs is 7. The fourth-order valence-corrected chi connectivity index (χ4v) is 11.0. The summed E-state index contributed by atoms with van der Waals surface area (Å²) in [4.78, 5) is 7.77. The summed E-state index contributed by atoms with van der Waals surface area (Å²) in [6.45, 7) is 2.40. The van der Waals surface area contributed by atoms with Crippen molar-refractivity contribution < 1.29 is 0 Å². The number of hydrogen-bond acceptors (Lipinski definition) is 3.